The molecule has 1 aliphatic rings. The fraction of sp³-hybridized carbons (Fsp3) is 0.533. The lowest BCUT2D eigenvalue weighted by molar-refractivity contribution is 0.0842. The number of carbonyl (C=O) groups excluding carboxylic acids is 1. The Kier molecular flexibility index (Phi) is 5.31. The third-order valence-electron chi connectivity index (χ3n) is 3.66. The number of hydrogen-bond acceptors (Lipinski definition) is 3. The minimum absolute atomic E-state index is 0.0617. The summed E-state index contributed by atoms with van der Waals surface area (Å²) in [4.78, 5) is 14.8. The number of thioether (sulfide) groups is 1. The molecule has 1 aliphatic heterocycles. The van der Waals surface area contributed by atoms with Crippen molar-refractivity contribution in [1.82, 2.24) is 4.90 Å². The molecular weight excluding hydrogens is 278 g/mol. The van der Waals surface area contributed by atoms with Crippen molar-refractivity contribution in [2.24, 2.45) is 0 Å². The molecule has 2 rings (SSSR count). The van der Waals surface area contributed by atoms with E-state index in [4.69, 9.17) is 11.6 Å². The van der Waals surface area contributed by atoms with Gasteiger partial charge in [-0.3, -0.25) is 9.69 Å². The molecule has 4 heteroatoms. The second-order valence-corrected chi connectivity index (χ2v) is 6.79. The Morgan fingerprint density at radius 2 is 2.37 bits per heavy atom. The van der Waals surface area contributed by atoms with Gasteiger partial charge < -0.3 is 0 Å². The Hall–Kier alpha value is -0.510. The number of rotatable bonds is 4. The predicted molar refractivity (Wildman–Crippen MR) is 83.4 cm³/mol. The molecule has 1 saturated heterocycles. The van der Waals surface area contributed by atoms with Gasteiger partial charge in [-0.2, -0.15) is 11.8 Å². The quantitative estimate of drug-likeness (QED) is 0.790. The van der Waals surface area contributed by atoms with Crippen molar-refractivity contribution in [1.29, 1.82) is 0 Å². The van der Waals surface area contributed by atoms with Crippen LogP contribution in [-0.4, -0.2) is 40.8 Å². The molecular formula is C15H20ClNOS. The predicted octanol–water partition coefficient (Wildman–Crippen LogP) is 3.74. The summed E-state index contributed by atoms with van der Waals surface area (Å²) in [6, 6.07) is 7.18. The molecule has 1 aromatic carbocycles. The maximum Gasteiger partial charge on any atom is 0.179 e. The summed E-state index contributed by atoms with van der Waals surface area (Å²) < 4.78 is 0. The van der Waals surface area contributed by atoms with Crippen molar-refractivity contribution in [2.75, 3.05) is 18.8 Å². The number of carbonyl (C=O) groups is 1. The standard InChI is InChI=1S/C15H20ClNOS/c1-3-14-10-17(7-8-19-14)11(2)15(18)12-5-4-6-13(16)9-12/h4-6,9,11,14H,3,7-8,10H2,1-2H3. The van der Waals surface area contributed by atoms with E-state index in [1.165, 1.54) is 6.42 Å². The van der Waals surface area contributed by atoms with Crippen LogP contribution in [-0.2, 0) is 0 Å². The van der Waals surface area contributed by atoms with Crippen molar-refractivity contribution in [3.05, 3.63) is 34.9 Å². The average molecular weight is 298 g/mol. The number of benzene rings is 1. The van der Waals surface area contributed by atoms with Gasteiger partial charge in [0.25, 0.3) is 0 Å². The highest BCUT2D eigenvalue weighted by Gasteiger charge is 2.27. The molecule has 1 heterocycles. The summed E-state index contributed by atoms with van der Waals surface area (Å²) in [6.07, 6.45) is 1.17. The Morgan fingerprint density at radius 3 is 3.05 bits per heavy atom. The van der Waals surface area contributed by atoms with Crippen LogP contribution in [0.15, 0.2) is 24.3 Å². The topological polar surface area (TPSA) is 20.3 Å². The Balaban J connectivity index is 2.06. The molecule has 19 heavy (non-hydrogen) atoms. The lowest BCUT2D eigenvalue weighted by Gasteiger charge is -2.35. The second kappa shape index (κ2) is 6.78. The van der Waals surface area contributed by atoms with Gasteiger partial charge in [-0.05, 0) is 25.5 Å². The minimum atomic E-state index is -0.0617. The van der Waals surface area contributed by atoms with Crippen LogP contribution in [0, 0.1) is 0 Å². The first-order valence-electron chi connectivity index (χ1n) is 6.77. The van der Waals surface area contributed by atoms with Gasteiger partial charge in [0.1, 0.15) is 0 Å². The SMILES string of the molecule is CCC1CN(C(C)C(=O)c2cccc(Cl)c2)CCS1. The number of ketones is 1. The zero-order chi connectivity index (χ0) is 13.8. The largest absolute Gasteiger partial charge is 0.292 e. The van der Waals surface area contributed by atoms with Crippen molar-refractivity contribution < 1.29 is 4.79 Å². The van der Waals surface area contributed by atoms with Crippen LogP contribution >= 0.6 is 23.4 Å². The molecule has 0 bridgehead atoms. The first-order chi connectivity index (χ1) is 9.11. The highest BCUT2D eigenvalue weighted by molar-refractivity contribution is 8.00. The van der Waals surface area contributed by atoms with Crippen LogP contribution in [0.4, 0.5) is 0 Å². The van der Waals surface area contributed by atoms with E-state index in [0.29, 0.717) is 15.8 Å². The zero-order valence-corrected chi connectivity index (χ0v) is 13.0. The van der Waals surface area contributed by atoms with Crippen molar-refractivity contribution in [3.63, 3.8) is 0 Å². The molecule has 0 spiro atoms. The van der Waals surface area contributed by atoms with Crippen molar-refractivity contribution >= 4 is 29.1 Å². The van der Waals surface area contributed by atoms with Crippen LogP contribution in [0.3, 0.4) is 0 Å². The summed E-state index contributed by atoms with van der Waals surface area (Å²) in [5.74, 6) is 1.29. The first kappa shape index (κ1) is 14.9. The molecule has 0 saturated carbocycles. The molecule has 2 atom stereocenters. The summed E-state index contributed by atoms with van der Waals surface area (Å²) in [6.45, 7) is 6.22. The van der Waals surface area contributed by atoms with Gasteiger partial charge in [0.2, 0.25) is 0 Å². The Bertz CT molecular complexity index is 452. The molecule has 1 aromatic rings. The lowest BCUT2D eigenvalue weighted by Crippen LogP contribution is -2.46. The van der Waals surface area contributed by atoms with Gasteiger partial charge in [-0.1, -0.05) is 30.7 Å². The van der Waals surface area contributed by atoms with E-state index in [-0.39, 0.29) is 11.8 Å². The highest BCUT2D eigenvalue weighted by Crippen LogP contribution is 2.24. The van der Waals surface area contributed by atoms with Gasteiger partial charge in [0, 0.05) is 34.7 Å². The number of halogens is 1. The normalized spacial score (nSPS) is 22.2. The molecule has 0 N–H and O–H groups in total. The van der Waals surface area contributed by atoms with E-state index >= 15 is 0 Å². The van der Waals surface area contributed by atoms with Crippen molar-refractivity contribution in [3.8, 4) is 0 Å². The fourth-order valence-electron chi connectivity index (χ4n) is 2.39. The van der Waals surface area contributed by atoms with Gasteiger partial charge in [0.05, 0.1) is 6.04 Å². The van der Waals surface area contributed by atoms with E-state index in [9.17, 15) is 4.79 Å². The molecule has 0 amide bonds. The van der Waals surface area contributed by atoms with Crippen LogP contribution in [0.25, 0.3) is 0 Å². The van der Waals surface area contributed by atoms with Crippen LogP contribution < -0.4 is 0 Å². The Labute approximate surface area is 124 Å². The first-order valence-corrected chi connectivity index (χ1v) is 8.20. The monoisotopic (exact) mass is 297 g/mol. The fourth-order valence-corrected chi connectivity index (χ4v) is 3.79. The number of hydrogen-bond donors (Lipinski definition) is 0. The Morgan fingerprint density at radius 1 is 1.58 bits per heavy atom. The molecule has 2 unspecified atom stereocenters. The van der Waals surface area contributed by atoms with Gasteiger partial charge >= 0.3 is 0 Å². The van der Waals surface area contributed by atoms with E-state index in [2.05, 4.69) is 11.8 Å². The third-order valence-corrected chi connectivity index (χ3v) is 5.27. The minimum Gasteiger partial charge on any atom is -0.292 e. The van der Waals surface area contributed by atoms with Crippen molar-refractivity contribution in [2.45, 2.75) is 31.6 Å². The summed E-state index contributed by atoms with van der Waals surface area (Å²) in [5, 5.41) is 1.28. The van der Waals surface area contributed by atoms with Crippen LogP contribution in [0.2, 0.25) is 5.02 Å². The number of nitrogens with zero attached hydrogens (tertiary/aromatic N) is 1. The summed E-state index contributed by atoms with van der Waals surface area (Å²) >= 11 is 7.98. The molecule has 0 aromatic heterocycles. The summed E-state index contributed by atoms with van der Waals surface area (Å²) in [5.41, 5.74) is 0.714. The van der Waals surface area contributed by atoms with E-state index in [1.807, 2.05) is 30.8 Å². The maximum atomic E-state index is 12.5. The smallest absolute Gasteiger partial charge is 0.179 e. The highest BCUT2D eigenvalue weighted by atomic mass is 35.5. The molecule has 2 nitrogen and oxygen atoms in total. The van der Waals surface area contributed by atoms with E-state index in [0.717, 1.165) is 18.8 Å². The number of Topliss-reactive ketones (excluding diaryl/α,β-unsaturated/α-hetero) is 1. The maximum absolute atomic E-state index is 12.5. The van der Waals surface area contributed by atoms with Crippen LogP contribution in [0.5, 0.6) is 0 Å². The zero-order valence-electron chi connectivity index (χ0n) is 11.4. The van der Waals surface area contributed by atoms with Gasteiger partial charge in [0.15, 0.2) is 5.78 Å². The van der Waals surface area contributed by atoms with Gasteiger partial charge in [-0.25, -0.2) is 0 Å². The van der Waals surface area contributed by atoms with E-state index < -0.39 is 0 Å². The van der Waals surface area contributed by atoms with Crippen LogP contribution in [0.1, 0.15) is 30.6 Å². The lowest BCUT2D eigenvalue weighted by atomic mass is 10.0. The molecule has 0 radical (unpaired) electrons. The molecule has 0 aliphatic carbocycles. The van der Waals surface area contributed by atoms with E-state index in [1.54, 1.807) is 12.1 Å². The second-order valence-electron chi connectivity index (χ2n) is 4.95. The molecule has 1 fully saturated rings. The average Bonchev–Trinajstić information content (AvgIpc) is 2.45. The molecule has 104 valence electrons. The third kappa shape index (κ3) is 3.74. The summed E-state index contributed by atoms with van der Waals surface area (Å²) in [7, 11) is 0. The van der Waals surface area contributed by atoms with Gasteiger partial charge in [-0.15, -0.1) is 0 Å².